The Hall–Kier alpha value is -1.28. The van der Waals surface area contributed by atoms with Crippen LogP contribution >= 0.6 is 0 Å². The number of rotatable bonds is 5. The molecule has 0 aliphatic heterocycles. The van der Waals surface area contributed by atoms with E-state index >= 15 is 0 Å². The minimum absolute atomic E-state index is 0.0314. The summed E-state index contributed by atoms with van der Waals surface area (Å²) in [5, 5.41) is 0. The van der Waals surface area contributed by atoms with Gasteiger partial charge < -0.3 is 10.6 Å². The third kappa shape index (κ3) is 3.23. The fourth-order valence-electron chi connectivity index (χ4n) is 1.09. The van der Waals surface area contributed by atoms with Crippen molar-refractivity contribution in [2.45, 2.75) is 20.0 Å². The van der Waals surface area contributed by atoms with Crippen LogP contribution in [0.5, 0.6) is 0 Å². The van der Waals surface area contributed by atoms with Gasteiger partial charge in [-0.05, 0) is 25.5 Å². The van der Waals surface area contributed by atoms with E-state index in [0.717, 1.165) is 11.3 Å². The third-order valence-electron chi connectivity index (χ3n) is 2.05. The van der Waals surface area contributed by atoms with Gasteiger partial charge in [-0.3, -0.25) is 0 Å². The molecule has 0 aliphatic rings. The molecule has 2 nitrogen and oxygen atoms in total. The van der Waals surface area contributed by atoms with Crippen LogP contribution < -0.4 is 5.73 Å². The first-order valence-electron chi connectivity index (χ1n) is 4.68. The van der Waals surface area contributed by atoms with Gasteiger partial charge in [-0.25, -0.2) is 0 Å². The minimum Gasteiger partial charge on any atom is -0.359 e. The molecule has 0 saturated carbocycles. The highest BCUT2D eigenvalue weighted by Gasteiger charge is 2.07. The van der Waals surface area contributed by atoms with Crippen LogP contribution in [-0.2, 0) is 0 Å². The highest BCUT2D eigenvalue weighted by molar-refractivity contribution is 5.38. The molecule has 0 spiro atoms. The van der Waals surface area contributed by atoms with Crippen LogP contribution in [0.3, 0.4) is 0 Å². The maximum Gasteiger partial charge on any atom is 0.0739 e. The first-order valence-corrected chi connectivity index (χ1v) is 4.68. The van der Waals surface area contributed by atoms with Gasteiger partial charge in [0.05, 0.1) is 6.17 Å². The summed E-state index contributed by atoms with van der Waals surface area (Å²) < 4.78 is 0. The zero-order valence-corrected chi connectivity index (χ0v) is 9.33. The van der Waals surface area contributed by atoms with Gasteiger partial charge in [0.15, 0.2) is 0 Å². The Labute approximate surface area is 87.1 Å². The summed E-state index contributed by atoms with van der Waals surface area (Å²) in [4.78, 5) is 1.98. The van der Waals surface area contributed by atoms with Crippen LogP contribution in [0.25, 0.3) is 0 Å². The van der Waals surface area contributed by atoms with Crippen molar-refractivity contribution in [1.82, 2.24) is 4.90 Å². The molecule has 0 heterocycles. The highest BCUT2D eigenvalue weighted by atomic mass is 15.2. The summed E-state index contributed by atoms with van der Waals surface area (Å²) in [6, 6.07) is 0. The summed E-state index contributed by atoms with van der Waals surface area (Å²) in [5.74, 6) is 0. The second-order valence-electron chi connectivity index (χ2n) is 3.10. The van der Waals surface area contributed by atoms with E-state index in [-0.39, 0.29) is 6.17 Å². The zero-order valence-electron chi connectivity index (χ0n) is 9.33. The monoisotopic (exact) mass is 192 g/mol. The number of nitrogens with zero attached hydrogens (tertiary/aromatic N) is 1. The van der Waals surface area contributed by atoms with Gasteiger partial charge >= 0.3 is 0 Å². The predicted molar refractivity (Wildman–Crippen MR) is 63.6 cm³/mol. The van der Waals surface area contributed by atoms with Gasteiger partial charge in [-0.2, -0.15) is 0 Å². The number of hydrogen-bond acceptors (Lipinski definition) is 2. The maximum absolute atomic E-state index is 5.80. The van der Waals surface area contributed by atoms with Crippen molar-refractivity contribution in [3.05, 3.63) is 48.7 Å². The van der Waals surface area contributed by atoms with E-state index < -0.39 is 0 Å². The lowest BCUT2D eigenvalue weighted by atomic mass is 10.1. The molecule has 14 heavy (non-hydrogen) atoms. The maximum atomic E-state index is 5.80. The SMILES string of the molecule is C=CC(C=C)=C(/C=C\C)N(C)C(C)N. The quantitative estimate of drug-likeness (QED) is 0.535. The third-order valence-corrected chi connectivity index (χ3v) is 2.05. The Morgan fingerprint density at radius 1 is 1.36 bits per heavy atom. The molecule has 2 heteroatoms. The van der Waals surface area contributed by atoms with Crippen molar-refractivity contribution in [3.63, 3.8) is 0 Å². The van der Waals surface area contributed by atoms with Gasteiger partial charge in [-0.15, -0.1) is 0 Å². The summed E-state index contributed by atoms with van der Waals surface area (Å²) >= 11 is 0. The zero-order chi connectivity index (χ0) is 11.1. The molecule has 1 atom stereocenters. The van der Waals surface area contributed by atoms with Crippen LogP contribution in [0.2, 0.25) is 0 Å². The fourth-order valence-corrected chi connectivity index (χ4v) is 1.09. The minimum atomic E-state index is -0.0314. The van der Waals surface area contributed by atoms with Crippen LogP contribution in [-0.4, -0.2) is 18.1 Å². The Morgan fingerprint density at radius 2 is 1.86 bits per heavy atom. The van der Waals surface area contributed by atoms with E-state index in [0.29, 0.717) is 0 Å². The lowest BCUT2D eigenvalue weighted by Gasteiger charge is -2.26. The Kier molecular flexibility index (Phi) is 5.65. The fraction of sp³-hybridized carbons (Fsp3) is 0.333. The first-order chi connectivity index (χ1) is 6.58. The van der Waals surface area contributed by atoms with Crippen molar-refractivity contribution in [3.8, 4) is 0 Å². The summed E-state index contributed by atoms with van der Waals surface area (Å²) in [6.45, 7) is 11.4. The van der Waals surface area contributed by atoms with Crippen LogP contribution in [0.1, 0.15) is 13.8 Å². The largest absolute Gasteiger partial charge is 0.359 e. The van der Waals surface area contributed by atoms with E-state index in [2.05, 4.69) is 13.2 Å². The summed E-state index contributed by atoms with van der Waals surface area (Å²) in [7, 11) is 1.95. The topological polar surface area (TPSA) is 29.3 Å². The van der Waals surface area contributed by atoms with E-state index in [1.165, 1.54) is 0 Å². The van der Waals surface area contributed by atoms with Crippen molar-refractivity contribution in [1.29, 1.82) is 0 Å². The van der Waals surface area contributed by atoms with E-state index in [1.807, 2.05) is 37.9 Å². The molecule has 0 fully saturated rings. The molecular weight excluding hydrogens is 172 g/mol. The number of nitrogens with two attached hydrogens (primary N) is 1. The van der Waals surface area contributed by atoms with Gasteiger partial charge in [0.2, 0.25) is 0 Å². The summed E-state index contributed by atoms with van der Waals surface area (Å²) in [6.07, 6.45) is 7.50. The smallest absolute Gasteiger partial charge is 0.0739 e. The second kappa shape index (κ2) is 6.22. The second-order valence-corrected chi connectivity index (χ2v) is 3.10. The Bertz CT molecular complexity index is 249. The van der Waals surface area contributed by atoms with E-state index in [1.54, 1.807) is 12.2 Å². The normalized spacial score (nSPS) is 12.3. The van der Waals surface area contributed by atoms with Gasteiger partial charge in [0, 0.05) is 12.7 Å². The van der Waals surface area contributed by atoms with Crippen LogP contribution in [0, 0.1) is 0 Å². The van der Waals surface area contributed by atoms with Crippen LogP contribution in [0.4, 0.5) is 0 Å². The van der Waals surface area contributed by atoms with E-state index in [4.69, 9.17) is 5.73 Å². The number of hydrogen-bond donors (Lipinski definition) is 1. The molecule has 0 rings (SSSR count). The Morgan fingerprint density at radius 3 is 2.14 bits per heavy atom. The molecule has 0 aliphatic carbocycles. The lowest BCUT2D eigenvalue weighted by Crippen LogP contribution is -2.35. The number of likely N-dealkylation sites (N-methyl/N-ethyl adjacent to an activating group) is 1. The lowest BCUT2D eigenvalue weighted by molar-refractivity contribution is 0.339. The standard InChI is InChI=1S/C12H20N2/c1-6-9-12(11(7-2)8-3)14(5)10(4)13/h6-10H,2-3,13H2,1,4-5H3/b9-6-. The molecule has 0 aromatic carbocycles. The van der Waals surface area contributed by atoms with Crippen LogP contribution in [0.15, 0.2) is 48.7 Å². The van der Waals surface area contributed by atoms with Crippen molar-refractivity contribution >= 4 is 0 Å². The molecule has 0 aromatic heterocycles. The van der Waals surface area contributed by atoms with Gasteiger partial charge in [-0.1, -0.05) is 31.4 Å². The molecule has 0 bridgehead atoms. The van der Waals surface area contributed by atoms with Gasteiger partial charge in [0.25, 0.3) is 0 Å². The molecular formula is C12H20N2. The first kappa shape index (κ1) is 12.7. The highest BCUT2D eigenvalue weighted by Crippen LogP contribution is 2.13. The van der Waals surface area contributed by atoms with E-state index in [9.17, 15) is 0 Å². The average molecular weight is 192 g/mol. The van der Waals surface area contributed by atoms with Crippen molar-refractivity contribution in [2.24, 2.45) is 5.73 Å². The molecule has 0 amide bonds. The molecule has 78 valence electrons. The van der Waals surface area contributed by atoms with Crippen molar-refractivity contribution in [2.75, 3.05) is 7.05 Å². The van der Waals surface area contributed by atoms with Crippen molar-refractivity contribution < 1.29 is 0 Å². The molecule has 1 unspecified atom stereocenters. The Balaban J connectivity index is 5.20. The average Bonchev–Trinajstić information content (AvgIpc) is 2.17. The molecule has 0 aromatic rings. The summed E-state index contributed by atoms with van der Waals surface area (Å²) in [5.41, 5.74) is 7.83. The molecule has 0 radical (unpaired) electrons. The predicted octanol–water partition coefficient (Wildman–Crippen LogP) is 2.43. The van der Waals surface area contributed by atoms with Gasteiger partial charge in [0.1, 0.15) is 0 Å². The number of allylic oxidation sites excluding steroid dienone is 5. The molecule has 0 saturated heterocycles. The molecule has 2 N–H and O–H groups in total.